The molecule has 5 rings (SSSR count). The van der Waals surface area contributed by atoms with Gasteiger partial charge in [-0.3, -0.25) is 14.6 Å². The number of aryl methyl sites for hydroxylation is 2. The molecule has 5 heteroatoms. The van der Waals surface area contributed by atoms with Crippen LogP contribution in [0.2, 0.25) is 0 Å². The van der Waals surface area contributed by atoms with Crippen molar-refractivity contribution in [2.45, 2.75) is 38.9 Å². The minimum absolute atomic E-state index is 0.0530. The van der Waals surface area contributed by atoms with Crippen molar-refractivity contribution in [3.8, 4) is 5.75 Å². The number of hydrogen-bond acceptors (Lipinski definition) is 4. The SMILES string of the molecule is COc1ccc(N2C(=O)c3ccccc3NC23CCN(Cc2cc(C)cc(C)c2)CC3)cc1. The van der Waals surface area contributed by atoms with E-state index in [1.807, 2.05) is 53.4 Å². The molecule has 2 heterocycles. The predicted molar refractivity (Wildman–Crippen MR) is 133 cm³/mol. The second-order valence-electron chi connectivity index (χ2n) is 9.31. The summed E-state index contributed by atoms with van der Waals surface area (Å²) >= 11 is 0. The summed E-state index contributed by atoms with van der Waals surface area (Å²) < 4.78 is 5.34. The van der Waals surface area contributed by atoms with Gasteiger partial charge in [0.15, 0.2) is 0 Å². The number of fused-ring (bicyclic) bond motifs is 1. The molecule has 0 radical (unpaired) electrons. The third-order valence-corrected chi connectivity index (χ3v) is 6.86. The normalized spacial score (nSPS) is 17.5. The van der Waals surface area contributed by atoms with Crippen LogP contribution in [-0.2, 0) is 6.54 Å². The highest BCUT2D eigenvalue weighted by Crippen LogP contribution is 2.41. The first-order valence-corrected chi connectivity index (χ1v) is 11.6. The molecule has 0 unspecified atom stereocenters. The van der Waals surface area contributed by atoms with Crippen molar-refractivity contribution in [3.05, 3.63) is 89.0 Å². The fourth-order valence-electron chi connectivity index (χ4n) is 5.34. The van der Waals surface area contributed by atoms with Gasteiger partial charge < -0.3 is 10.1 Å². The summed E-state index contributed by atoms with van der Waals surface area (Å²) in [6, 6.07) is 22.4. The van der Waals surface area contributed by atoms with E-state index in [0.717, 1.165) is 55.2 Å². The number of benzene rings is 3. The van der Waals surface area contributed by atoms with Crippen LogP contribution in [0.15, 0.2) is 66.7 Å². The summed E-state index contributed by atoms with van der Waals surface area (Å²) in [5.41, 5.74) is 6.06. The predicted octanol–water partition coefficient (Wildman–Crippen LogP) is 5.38. The molecule has 0 atom stereocenters. The molecule has 33 heavy (non-hydrogen) atoms. The number of hydrogen-bond donors (Lipinski definition) is 1. The minimum atomic E-state index is -0.445. The fourth-order valence-corrected chi connectivity index (χ4v) is 5.34. The lowest BCUT2D eigenvalue weighted by molar-refractivity contribution is 0.0904. The first kappa shape index (κ1) is 21.5. The quantitative estimate of drug-likeness (QED) is 0.591. The highest BCUT2D eigenvalue weighted by atomic mass is 16.5. The van der Waals surface area contributed by atoms with E-state index < -0.39 is 5.66 Å². The van der Waals surface area contributed by atoms with Crippen molar-refractivity contribution in [3.63, 3.8) is 0 Å². The van der Waals surface area contributed by atoms with Crippen molar-refractivity contribution in [1.82, 2.24) is 4.90 Å². The highest BCUT2D eigenvalue weighted by molar-refractivity contribution is 6.12. The first-order valence-electron chi connectivity index (χ1n) is 11.6. The van der Waals surface area contributed by atoms with E-state index in [0.29, 0.717) is 0 Å². The smallest absolute Gasteiger partial charge is 0.262 e. The van der Waals surface area contributed by atoms with Gasteiger partial charge in [-0.25, -0.2) is 0 Å². The Labute approximate surface area is 196 Å². The summed E-state index contributed by atoms with van der Waals surface area (Å²) in [6.07, 6.45) is 1.70. The molecule has 1 amide bonds. The van der Waals surface area contributed by atoms with Gasteiger partial charge in [0.2, 0.25) is 0 Å². The lowest BCUT2D eigenvalue weighted by Gasteiger charge is -2.52. The number of methoxy groups -OCH3 is 1. The number of carbonyl (C=O) groups is 1. The van der Waals surface area contributed by atoms with Gasteiger partial charge in [-0.15, -0.1) is 0 Å². The number of nitrogens with zero attached hydrogens (tertiary/aromatic N) is 2. The molecule has 2 aliphatic heterocycles. The van der Waals surface area contributed by atoms with Crippen LogP contribution in [0.25, 0.3) is 0 Å². The van der Waals surface area contributed by atoms with Crippen LogP contribution < -0.4 is 15.0 Å². The number of para-hydroxylation sites is 1. The van der Waals surface area contributed by atoms with Crippen molar-refractivity contribution < 1.29 is 9.53 Å². The average Bonchev–Trinajstić information content (AvgIpc) is 2.80. The summed E-state index contributed by atoms with van der Waals surface area (Å²) in [4.78, 5) is 18.2. The minimum Gasteiger partial charge on any atom is -0.497 e. The third kappa shape index (κ3) is 4.09. The largest absolute Gasteiger partial charge is 0.497 e. The number of carbonyl (C=O) groups excluding carboxylic acids is 1. The molecule has 1 N–H and O–H groups in total. The number of nitrogens with one attached hydrogen (secondary N) is 1. The van der Waals surface area contributed by atoms with Gasteiger partial charge in [0.25, 0.3) is 5.91 Å². The Morgan fingerprint density at radius 3 is 2.27 bits per heavy atom. The zero-order chi connectivity index (χ0) is 23.0. The number of likely N-dealkylation sites (tertiary alicyclic amines) is 1. The van der Waals surface area contributed by atoms with E-state index in [1.165, 1.54) is 16.7 Å². The molecule has 0 aliphatic carbocycles. The Bertz CT molecular complexity index is 1140. The maximum absolute atomic E-state index is 13.7. The fraction of sp³-hybridized carbons (Fsp3) is 0.321. The van der Waals surface area contributed by atoms with Crippen LogP contribution in [0.1, 0.15) is 39.9 Å². The lowest BCUT2D eigenvalue weighted by atomic mass is 9.89. The van der Waals surface area contributed by atoms with Gasteiger partial charge in [-0.05, 0) is 55.8 Å². The first-order chi connectivity index (χ1) is 16.0. The Morgan fingerprint density at radius 2 is 1.61 bits per heavy atom. The average molecular weight is 442 g/mol. The van der Waals surface area contributed by atoms with Gasteiger partial charge in [-0.2, -0.15) is 0 Å². The van der Waals surface area contributed by atoms with Crippen LogP contribution in [-0.4, -0.2) is 36.7 Å². The van der Waals surface area contributed by atoms with Gasteiger partial charge in [0.1, 0.15) is 11.4 Å². The molecule has 0 saturated carbocycles. The second kappa shape index (κ2) is 8.56. The zero-order valence-corrected chi connectivity index (χ0v) is 19.6. The molecule has 170 valence electrons. The summed E-state index contributed by atoms with van der Waals surface area (Å²) in [6.45, 7) is 7.09. The molecular weight excluding hydrogens is 410 g/mol. The van der Waals surface area contributed by atoms with Crippen molar-refractivity contribution in [1.29, 1.82) is 0 Å². The van der Waals surface area contributed by atoms with E-state index in [4.69, 9.17) is 4.74 Å². The highest BCUT2D eigenvalue weighted by Gasteiger charge is 2.47. The van der Waals surface area contributed by atoms with Crippen LogP contribution in [0.5, 0.6) is 5.75 Å². The Kier molecular flexibility index (Phi) is 5.59. The van der Waals surface area contributed by atoms with Crippen LogP contribution >= 0.6 is 0 Å². The molecule has 5 nitrogen and oxygen atoms in total. The Balaban J connectivity index is 1.43. The van der Waals surface area contributed by atoms with Crippen molar-refractivity contribution >= 4 is 17.3 Å². The number of anilines is 2. The third-order valence-electron chi connectivity index (χ3n) is 6.86. The molecule has 1 saturated heterocycles. The number of rotatable bonds is 4. The number of ether oxygens (including phenoxy) is 1. The molecule has 3 aromatic carbocycles. The second-order valence-corrected chi connectivity index (χ2v) is 9.31. The standard InChI is InChI=1S/C28H31N3O2/c1-20-16-21(2)18-22(17-20)19-30-14-12-28(13-15-30)29-26-7-5-4-6-25(26)27(32)31(28)23-8-10-24(33-3)11-9-23/h4-11,16-18,29H,12-15,19H2,1-3H3. The number of amides is 1. The lowest BCUT2D eigenvalue weighted by Crippen LogP contribution is -2.64. The van der Waals surface area contributed by atoms with Gasteiger partial charge >= 0.3 is 0 Å². The van der Waals surface area contributed by atoms with Crippen LogP contribution in [0.3, 0.4) is 0 Å². The van der Waals surface area contributed by atoms with E-state index >= 15 is 0 Å². The molecule has 0 aromatic heterocycles. The summed E-state index contributed by atoms with van der Waals surface area (Å²) in [7, 11) is 1.66. The molecule has 0 bridgehead atoms. The summed E-state index contributed by atoms with van der Waals surface area (Å²) in [5.74, 6) is 0.839. The van der Waals surface area contributed by atoms with Gasteiger partial charge in [0.05, 0.1) is 12.7 Å². The molecule has 2 aliphatic rings. The molecule has 1 spiro atoms. The van der Waals surface area contributed by atoms with Crippen LogP contribution in [0, 0.1) is 13.8 Å². The monoisotopic (exact) mass is 441 g/mol. The Hall–Kier alpha value is -3.31. The van der Waals surface area contributed by atoms with E-state index in [9.17, 15) is 4.79 Å². The topological polar surface area (TPSA) is 44.8 Å². The van der Waals surface area contributed by atoms with Gasteiger partial charge in [0, 0.05) is 43.9 Å². The maximum Gasteiger partial charge on any atom is 0.262 e. The number of piperidine rings is 1. The molecular formula is C28H31N3O2. The zero-order valence-electron chi connectivity index (χ0n) is 19.6. The molecule has 3 aromatic rings. The Morgan fingerprint density at radius 1 is 0.939 bits per heavy atom. The van der Waals surface area contributed by atoms with E-state index in [-0.39, 0.29) is 5.91 Å². The molecule has 1 fully saturated rings. The van der Waals surface area contributed by atoms with Crippen molar-refractivity contribution in [2.24, 2.45) is 0 Å². The maximum atomic E-state index is 13.7. The van der Waals surface area contributed by atoms with Crippen molar-refractivity contribution in [2.75, 3.05) is 30.4 Å². The van der Waals surface area contributed by atoms with E-state index in [1.54, 1.807) is 7.11 Å². The van der Waals surface area contributed by atoms with Crippen LogP contribution in [0.4, 0.5) is 11.4 Å². The van der Waals surface area contributed by atoms with E-state index in [2.05, 4.69) is 42.3 Å². The summed E-state index contributed by atoms with van der Waals surface area (Å²) in [5, 5.41) is 3.77. The van der Waals surface area contributed by atoms with Gasteiger partial charge in [-0.1, -0.05) is 41.5 Å².